The highest BCUT2D eigenvalue weighted by Gasteiger charge is 2.53. The second-order valence-corrected chi connectivity index (χ2v) is 20.9. The van der Waals surface area contributed by atoms with E-state index in [1.807, 2.05) is 43.7 Å². The van der Waals surface area contributed by atoms with Crippen molar-refractivity contribution in [3.63, 3.8) is 0 Å². The van der Waals surface area contributed by atoms with E-state index >= 15 is 0 Å². The standard InChI is InChI=1S/C53H62N8O6/c1-26(2)44(58-52(64)66-5)50(62)60-34-15-11-32(21-34)46(60)48-54-25-42(57-48)29-9-7-28(8-10-29)37-19-18-36(39-23-30-13-17-38(30)43(37)39)31-14-20-40-41(24-31)56-49(55-40)47-33-12-16-35(22-33)61(47)51(63)45(27(3)4)59-53(65)67-6/h7-10,14,18-20,24-27,30,32-35,38,44-47H,11-13,15-17,21-23H2,1-6H3,(H,54,57)(H,55,56)(H,58,64)(H,59,65)/t30?,32-,33-,34+,35+,38?,44?,45?,46-,47-/m0/s1. The van der Waals surface area contributed by atoms with E-state index in [1.165, 1.54) is 54.9 Å². The third-order valence-electron chi connectivity index (χ3n) is 16.5. The first-order chi connectivity index (χ1) is 32.4. The zero-order valence-electron chi connectivity index (χ0n) is 39.3. The molecule has 14 heteroatoms. The number of alkyl carbamates (subject to hydrolysis) is 2. The lowest BCUT2D eigenvalue weighted by molar-refractivity contribution is -0.140. The number of imidazole rings is 2. The van der Waals surface area contributed by atoms with Crippen molar-refractivity contribution in [2.75, 3.05) is 14.2 Å². The molecule has 11 rings (SSSR count). The molecule has 4 amide bonds. The maximum absolute atomic E-state index is 14.2. The number of carbonyl (C=O) groups excluding carboxylic acids is 4. The molecule has 2 saturated heterocycles. The van der Waals surface area contributed by atoms with Gasteiger partial charge in [0.05, 0.1) is 49.2 Å². The Morgan fingerprint density at radius 3 is 1.81 bits per heavy atom. The van der Waals surface area contributed by atoms with Crippen molar-refractivity contribution in [1.29, 1.82) is 0 Å². The molecule has 4 N–H and O–H groups in total. The normalized spacial score (nSPS) is 26.4. The molecule has 0 radical (unpaired) electrons. The number of ether oxygens (including phenoxy) is 2. The summed E-state index contributed by atoms with van der Waals surface area (Å²) < 4.78 is 9.74. The Morgan fingerprint density at radius 1 is 0.657 bits per heavy atom. The number of aromatic amines is 2. The number of rotatable bonds is 11. The molecule has 6 aliphatic rings. The molecule has 4 bridgehead atoms. The van der Waals surface area contributed by atoms with Crippen molar-refractivity contribution in [2.45, 2.75) is 128 Å². The lowest BCUT2D eigenvalue weighted by Gasteiger charge is -2.37. The Labute approximate surface area is 391 Å². The highest BCUT2D eigenvalue weighted by Crippen LogP contribution is 2.57. The highest BCUT2D eigenvalue weighted by atomic mass is 16.5. The molecule has 0 spiro atoms. The molecule has 2 aliphatic heterocycles. The van der Waals surface area contributed by atoms with Crippen LogP contribution in [0.2, 0.25) is 0 Å². The van der Waals surface area contributed by atoms with Crippen LogP contribution in [-0.2, 0) is 25.5 Å². The van der Waals surface area contributed by atoms with Crippen LogP contribution in [0, 0.1) is 29.6 Å². The summed E-state index contributed by atoms with van der Waals surface area (Å²) in [6.07, 6.45) is 10.1. The molecular weight excluding hydrogens is 845 g/mol. The number of methoxy groups -OCH3 is 2. The number of nitrogens with zero attached hydrogens (tertiary/aromatic N) is 4. The van der Waals surface area contributed by atoms with Crippen LogP contribution in [0.25, 0.3) is 44.5 Å². The summed E-state index contributed by atoms with van der Waals surface area (Å²) in [7, 11) is 2.64. The summed E-state index contributed by atoms with van der Waals surface area (Å²) in [4.78, 5) is 74.0. The van der Waals surface area contributed by atoms with Crippen molar-refractivity contribution in [2.24, 2.45) is 29.6 Å². The fraction of sp³-hybridized carbons (Fsp3) is 0.509. The van der Waals surface area contributed by atoms with Gasteiger partial charge in [-0.25, -0.2) is 19.6 Å². The van der Waals surface area contributed by atoms with E-state index in [2.05, 4.69) is 75.2 Å². The summed E-state index contributed by atoms with van der Waals surface area (Å²) in [5, 5.41) is 5.59. The molecule has 14 nitrogen and oxygen atoms in total. The quantitative estimate of drug-likeness (QED) is 0.102. The van der Waals surface area contributed by atoms with Crippen LogP contribution in [0.3, 0.4) is 0 Å². The van der Waals surface area contributed by atoms with Crippen LogP contribution >= 0.6 is 0 Å². The third kappa shape index (κ3) is 7.27. The number of piperidine rings is 2. The second kappa shape index (κ2) is 16.9. The highest BCUT2D eigenvalue weighted by molar-refractivity contribution is 5.89. The molecular formula is C53H62N8O6. The Kier molecular flexibility index (Phi) is 10.9. The number of aromatic nitrogens is 4. The van der Waals surface area contributed by atoms with Gasteiger partial charge in [-0.3, -0.25) is 9.59 Å². The Balaban J connectivity index is 0.851. The van der Waals surface area contributed by atoms with Gasteiger partial charge in [0.2, 0.25) is 11.8 Å². The molecule has 5 fully saturated rings. The lowest BCUT2D eigenvalue weighted by Crippen LogP contribution is -2.54. The van der Waals surface area contributed by atoms with Gasteiger partial charge in [-0.2, -0.15) is 0 Å². The molecule has 3 aromatic carbocycles. The molecule has 10 atom stereocenters. The summed E-state index contributed by atoms with van der Waals surface area (Å²) in [5.41, 5.74) is 11.6. The molecule has 4 aliphatic carbocycles. The first-order valence-corrected chi connectivity index (χ1v) is 24.6. The fourth-order valence-electron chi connectivity index (χ4n) is 13.1. The summed E-state index contributed by atoms with van der Waals surface area (Å²) in [6.45, 7) is 7.79. The third-order valence-corrected chi connectivity index (χ3v) is 16.5. The Bertz CT molecular complexity index is 2760. The van der Waals surface area contributed by atoms with Crippen LogP contribution in [0.4, 0.5) is 9.59 Å². The van der Waals surface area contributed by atoms with Crippen molar-refractivity contribution in [1.82, 2.24) is 40.4 Å². The van der Waals surface area contributed by atoms with E-state index in [-0.39, 0.29) is 47.8 Å². The molecule has 350 valence electrons. The molecule has 67 heavy (non-hydrogen) atoms. The predicted molar refractivity (Wildman–Crippen MR) is 253 cm³/mol. The molecule has 5 aromatic rings. The minimum absolute atomic E-state index is 0.0746. The average Bonchev–Trinajstić information content (AvgIpc) is 4.20. The zero-order valence-corrected chi connectivity index (χ0v) is 39.3. The van der Waals surface area contributed by atoms with E-state index in [9.17, 15) is 19.2 Å². The van der Waals surface area contributed by atoms with Gasteiger partial charge in [0.25, 0.3) is 0 Å². The monoisotopic (exact) mass is 906 g/mol. The van der Waals surface area contributed by atoms with Crippen LogP contribution in [-0.4, -0.2) is 92.1 Å². The molecule has 4 unspecified atom stereocenters. The number of carbonyl (C=O) groups is 4. The van der Waals surface area contributed by atoms with Crippen molar-refractivity contribution >= 4 is 35.0 Å². The minimum Gasteiger partial charge on any atom is -0.453 e. The van der Waals surface area contributed by atoms with Gasteiger partial charge in [0.15, 0.2) is 0 Å². The number of hydrogen-bond acceptors (Lipinski definition) is 8. The number of hydrogen-bond donors (Lipinski definition) is 4. The van der Waals surface area contributed by atoms with Crippen molar-refractivity contribution in [3.05, 3.63) is 83.6 Å². The number of benzene rings is 3. The fourth-order valence-corrected chi connectivity index (χ4v) is 13.1. The lowest BCUT2D eigenvalue weighted by atomic mass is 9.73. The maximum atomic E-state index is 14.2. The van der Waals surface area contributed by atoms with Crippen LogP contribution in [0.15, 0.2) is 60.8 Å². The van der Waals surface area contributed by atoms with Crippen LogP contribution in [0.5, 0.6) is 0 Å². The van der Waals surface area contributed by atoms with E-state index in [0.29, 0.717) is 23.7 Å². The number of likely N-dealkylation sites (tertiary alicyclic amines) is 2. The summed E-state index contributed by atoms with van der Waals surface area (Å²) in [6, 6.07) is 18.5. The van der Waals surface area contributed by atoms with Gasteiger partial charge in [0.1, 0.15) is 23.7 Å². The number of H-pyrrole nitrogens is 2. The maximum Gasteiger partial charge on any atom is 0.407 e. The van der Waals surface area contributed by atoms with Crippen LogP contribution < -0.4 is 10.6 Å². The minimum atomic E-state index is -0.681. The van der Waals surface area contributed by atoms with Crippen molar-refractivity contribution < 1.29 is 28.7 Å². The largest absolute Gasteiger partial charge is 0.453 e. The summed E-state index contributed by atoms with van der Waals surface area (Å²) in [5.74, 6) is 3.10. The van der Waals surface area contributed by atoms with Crippen LogP contribution in [0.1, 0.15) is 120 Å². The second-order valence-electron chi connectivity index (χ2n) is 20.9. The first-order valence-electron chi connectivity index (χ1n) is 24.6. The first kappa shape index (κ1) is 43.4. The smallest absolute Gasteiger partial charge is 0.407 e. The van der Waals surface area contributed by atoms with E-state index in [4.69, 9.17) is 19.4 Å². The molecule has 4 heterocycles. The Hall–Kier alpha value is -6.18. The Morgan fingerprint density at radius 2 is 1.22 bits per heavy atom. The van der Waals surface area contributed by atoms with Gasteiger partial charge in [-0.1, -0.05) is 70.2 Å². The topological polar surface area (TPSA) is 175 Å². The SMILES string of the molecule is COC(=O)NC(C(=O)N1[C@@H]2CC[C@@H](C2)[C@H]1c1ncc(-c2ccc(-c3ccc(-c4ccc5nc([C@@H]6[C@H]7CC[C@H](C7)N6C(=O)C(NC(=O)OC)C(C)C)[nH]c5c4)c4c3C3CCC3C4)cc2)[nH]1)C(C)C. The van der Waals surface area contributed by atoms with Gasteiger partial charge in [-0.15, -0.1) is 0 Å². The summed E-state index contributed by atoms with van der Waals surface area (Å²) >= 11 is 0. The van der Waals surface area contributed by atoms with E-state index in [1.54, 1.807) is 0 Å². The number of fused-ring (bicyclic) bond motifs is 8. The average molecular weight is 907 g/mol. The van der Waals surface area contributed by atoms with Gasteiger partial charge in [0, 0.05) is 12.1 Å². The zero-order chi connectivity index (χ0) is 46.4. The van der Waals surface area contributed by atoms with Gasteiger partial charge < -0.3 is 39.9 Å². The van der Waals surface area contributed by atoms with E-state index in [0.717, 1.165) is 84.4 Å². The van der Waals surface area contributed by atoms with Gasteiger partial charge in [-0.05, 0) is 144 Å². The predicted octanol–water partition coefficient (Wildman–Crippen LogP) is 9.20. The van der Waals surface area contributed by atoms with Gasteiger partial charge >= 0.3 is 12.2 Å². The molecule has 2 aromatic heterocycles. The molecule has 3 saturated carbocycles. The van der Waals surface area contributed by atoms with E-state index < -0.39 is 24.3 Å². The number of amides is 4. The van der Waals surface area contributed by atoms with Crippen molar-refractivity contribution in [3.8, 4) is 33.5 Å². The number of nitrogens with one attached hydrogen (secondary N) is 4.